The lowest BCUT2D eigenvalue weighted by Gasteiger charge is -2.16. The molecule has 0 aliphatic heterocycles. The molecule has 0 aromatic rings. The molecule has 0 unspecified atom stereocenters. The zero-order valence-corrected chi connectivity index (χ0v) is 5.04. The predicted molar refractivity (Wildman–Crippen MR) is 28.3 cm³/mol. The van der Waals surface area contributed by atoms with Crippen molar-refractivity contribution >= 4 is 12.6 Å². The lowest BCUT2D eigenvalue weighted by Crippen LogP contribution is -2.42. The first-order chi connectivity index (χ1) is 4.73. The smallest absolute Gasteiger partial charge is 0.281 e. The van der Waals surface area contributed by atoms with Crippen LogP contribution in [0.1, 0.15) is 0 Å². The van der Waals surface area contributed by atoms with Crippen LogP contribution in [0.2, 0.25) is 0 Å². The number of aliphatic imine (C=N–C) groups is 1. The number of nitrogens with one attached hydrogen (secondary N) is 1. The van der Waals surface area contributed by atoms with Crippen molar-refractivity contribution in [3.05, 3.63) is 0 Å². The van der Waals surface area contributed by atoms with Gasteiger partial charge in [-0.3, -0.25) is 5.41 Å². The first-order valence-electron chi connectivity index (χ1n) is 2.23. The Kier molecular flexibility index (Phi) is 2.32. The molecule has 2 nitrogen and oxygen atoms in total. The second kappa shape index (κ2) is 2.55. The maximum atomic E-state index is 11.8. The van der Waals surface area contributed by atoms with Crippen LogP contribution in [0.15, 0.2) is 4.99 Å². The van der Waals surface area contributed by atoms with E-state index < -0.39 is 17.9 Å². The van der Waals surface area contributed by atoms with Crippen LogP contribution >= 0.6 is 0 Å². The van der Waals surface area contributed by atoms with Gasteiger partial charge in [-0.1, -0.05) is 0 Å². The fraction of sp³-hybridized carbons (Fsp3) is 0.500. The SMILES string of the molecule is C=NC(=N)C(F)(F)C(F)(F)F. The molecule has 7 heteroatoms. The van der Waals surface area contributed by atoms with Gasteiger partial charge in [0.15, 0.2) is 0 Å². The van der Waals surface area contributed by atoms with Crippen LogP contribution in [0.3, 0.4) is 0 Å². The van der Waals surface area contributed by atoms with E-state index in [1.807, 2.05) is 0 Å². The molecule has 0 aromatic carbocycles. The van der Waals surface area contributed by atoms with Gasteiger partial charge in [0.1, 0.15) is 0 Å². The first-order valence-corrected chi connectivity index (χ1v) is 2.23. The van der Waals surface area contributed by atoms with E-state index in [9.17, 15) is 22.0 Å². The number of hydrogen-bond donors (Lipinski definition) is 1. The summed E-state index contributed by atoms with van der Waals surface area (Å²) in [7, 11) is 0. The number of nitrogens with zero attached hydrogens (tertiary/aromatic N) is 1. The van der Waals surface area contributed by atoms with E-state index in [1.165, 1.54) is 0 Å². The van der Waals surface area contributed by atoms with Crippen molar-refractivity contribution in [2.24, 2.45) is 4.99 Å². The summed E-state index contributed by atoms with van der Waals surface area (Å²) in [6, 6.07) is 0. The largest absolute Gasteiger partial charge is 0.461 e. The molecule has 1 N–H and O–H groups in total. The van der Waals surface area contributed by atoms with Crippen molar-refractivity contribution in [2.75, 3.05) is 0 Å². The third-order valence-corrected chi connectivity index (χ3v) is 0.812. The Morgan fingerprint density at radius 3 is 1.64 bits per heavy atom. The zero-order valence-electron chi connectivity index (χ0n) is 5.04. The maximum Gasteiger partial charge on any atom is 0.461 e. The monoisotopic (exact) mass is 174 g/mol. The molecule has 0 aliphatic carbocycles. The summed E-state index contributed by atoms with van der Waals surface area (Å²) in [5.41, 5.74) is 0. The van der Waals surface area contributed by atoms with Crippen LogP contribution in [0.5, 0.6) is 0 Å². The van der Waals surface area contributed by atoms with Gasteiger partial charge in [0.2, 0.25) is 5.84 Å². The van der Waals surface area contributed by atoms with E-state index in [1.54, 1.807) is 0 Å². The van der Waals surface area contributed by atoms with E-state index in [-0.39, 0.29) is 0 Å². The van der Waals surface area contributed by atoms with E-state index in [2.05, 4.69) is 11.7 Å². The molecule has 0 aliphatic rings. The normalized spacial score (nSPS) is 12.8. The predicted octanol–water partition coefficient (Wildman–Crippen LogP) is 1.86. The van der Waals surface area contributed by atoms with Crippen LogP contribution in [0.25, 0.3) is 0 Å². The van der Waals surface area contributed by atoms with Crippen LogP contribution in [-0.4, -0.2) is 24.7 Å². The van der Waals surface area contributed by atoms with Crippen molar-refractivity contribution in [1.82, 2.24) is 0 Å². The van der Waals surface area contributed by atoms with Gasteiger partial charge < -0.3 is 0 Å². The average Bonchev–Trinajstić information content (AvgIpc) is 1.83. The van der Waals surface area contributed by atoms with E-state index in [0.29, 0.717) is 0 Å². The highest BCUT2D eigenvalue weighted by molar-refractivity contribution is 5.90. The number of hydrogen-bond acceptors (Lipinski definition) is 1. The Morgan fingerprint density at radius 1 is 1.18 bits per heavy atom. The number of rotatable bonds is 1. The molecule has 0 saturated carbocycles. The van der Waals surface area contributed by atoms with Gasteiger partial charge >= 0.3 is 12.1 Å². The third-order valence-electron chi connectivity index (χ3n) is 0.812. The Labute approximate surface area is 58.2 Å². The van der Waals surface area contributed by atoms with Gasteiger partial charge in [0.05, 0.1) is 0 Å². The molecule has 0 spiro atoms. The topological polar surface area (TPSA) is 36.2 Å². The lowest BCUT2D eigenvalue weighted by atomic mass is 10.3. The maximum absolute atomic E-state index is 11.8. The minimum atomic E-state index is -5.77. The van der Waals surface area contributed by atoms with Gasteiger partial charge in [-0.2, -0.15) is 22.0 Å². The Morgan fingerprint density at radius 2 is 1.55 bits per heavy atom. The summed E-state index contributed by atoms with van der Waals surface area (Å²) < 4.78 is 57.6. The average molecular weight is 174 g/mol. The van der Waals surface area contributed by atoms with Crippen molar-refractivity contribution in [3.63, 3.8) is 0 Å². The third kappa shape index (κ3) is 1.72. The molecule has 0 atom stereocenters. The molecule has 64 valence electrons. The highest BCUT2D eigenvalue weighted by Crippen LogP contribution is 2.36. The molecular formula is C4H3F5N2. The molecule has 0 aromatic heterocycles. The van der Waals surface area contributed by atoms with Gasteiger partial charge in [-0.05, 0) is 6.72 Å². The first kappa shape index (κ1) is 9.99. The highest BCUT2D eigenvalue weighted by Gasteiger charge is 2.61. The fourth-order valence-corrected chi connectivity index (χ4v) is 0.234. The molecular weight excluding hydrogens is 171 g/mol. The van der Waals surface area contributed by atoms with Crippen molar-refractivity contribution in [2.45, 2.75) is 12.1 Å². The molecule has 0 fully saturated rings. The molecule has 11 heavy (non-hydrogen) atoms. The molecule has 0 radical (unpaired) electrons. The van der Waals surface area contributed by atoms with Crippen LogP contribution in [0.4, 0.5) is 22.0 Å². The van der Waals surface area contributed by atoms with Gasteiger partial charge in [0.25, 0.3) is 0 Å². The van der Waals surface area contributed by atoms with E-state index in [0.717, 1.165) is 0 Å². The minimum absolute atomic E-state index is 2.09. The van der Waals surface area contributed by atoms with E-state index in [4.69, 9.17) is 5.41 Å². The lowest BCUT2D eigenvalue weighted by molar-refractivity contribution is -0.249. The highest BCUT2D eigenvalue weighted by atomic mass is 19.4. The molecule has 0 rings (SSSR count). The van der Waals surface area contributed by atoms with E-state index >= 15 is 0 Å². The summed E-state index contributed by atoms with van der Waals surface area (Å²) in [6.07, 6.45) is -5.77. The molecule has 0 saturated heterocycles. The summed E-state index contributed by atoms with van der Waals surface area (Å²) in [6.45, 7) is 2.39. The summed E-state index contributed by atoms with van der Waals surface area (Å²) in [5.74, 6) is -7.29. The van der Waals surface area contributed by atoms with Crippen molar-refractivity contribution < 1.29 is 22.0 Å². The molecule has 0 heterocycles. The number of halogens is 5. The van der Waals surface area contributed by atoms with Crippen LogP contribution < -0.4 is 0 Å². The number of alkyl halides is 5. The van der Waals surface area contributed by atoms with Crippen molar-refractivity contribution in [3.8, 4) is 0 Å². The van der Waals surface area contributed by atoms with Crippen LogP contribution in [-0.2, 0) is 0 Å². The Hall–Kier alpha value is -1.01. The molecule has 0 amide bonds. The van der Waals surface area contributed by atoms with Gasteiger partial charge in [-0.25, -0.2) is 4.99 Å². The fourth-order valence-electron chi connectivity index (χ4n) is 0.234. The Balaban J connectivity index is 4.73. The van der Waals surface area contributed by atoms with Crippen molar-refractivity contribution in [1.29, 1.82) is 5.41 Å². The second-order valence-corrected chi connectivity index (χ2v) is 1.58. The van der Waals surface area contributed by atoms with Gasteiger partial charge in [0, 0.05) is 0 Å². The second-order valence-electron chi connectivity index (χ2n) is 1.58. The summed E-state index contributed by atoms with van der Waals surface area (Å²) in [4.78, 5) is 2.19. The van der Waals surface area contributed by atoms with Gasteiger partial charge in [-0.15, -0.1) is 0 Å². The summed E-state index contributed by atoms with van der Waals surface area (Å²) >= 11 is 0. The quantitative estimate of drug-likeness (QED) is 0.358. The summed E-state index contributed by atoms with van der Waals surface area (Å²) in [5, 5.41) is 6.10. The molecule has 0 bridgehead atoms. The minimum Gasteiger partial charge on any atom is -0.281 e. The van der Waals surface area contributed by atoms with Crippen LogP contribution in [0, 0.1) is 5.41 Å². The zero-order chi connectivity index (χ0) is 9.28. The Bertz CT molecular complexity index is 181. The standard InChI is InChI=1S/C4H3F5N2/c1-11-2(10)3(5,6)4(7,8)9/h10H,1H2. The number of amidine groups is 1.